The summed E-state index contributed by atoms with van der Waals surface area (Å²) in [7, 11) is 1.68. The summed E-state index contributed by atoms with van der Waals surface area (Å²) >= 11 is 6.20. The molecular weight excluding hydrogens is 370 g/mol. The highest BCUT2D eigenvalue weighted by molar-refractivity contribution is 6.31. The summed E-state index contributed by atoms with van der Waals surface area (Å²) in [6.45, 7) is 9.61. The number of hydrogen-bond acceptors (Lipinski definition) is 4. The third-order valence-electron chi connectivity index (χ3n) is 5.00. The third-order valence-corrected chi connectivity index (χ3v) is 5.23. The van der Waals surface area contributed by atoms with Crippen molar-refractivity contribution in [3.05, 3.63) is 53.6 Å². The number of hydrogen-bond donors (Lipinski definition) is 1. The van der Waals surface area contributed by atoms with Crippen LogP contribution in [0.1, 0.15) is 20.8 Å². The fraction of sp³-hybridized carbons (Fsp3) is 0.348. The van der Waals surface area contributed by atoms with E-state index >= 15 is 0 Å². The van der Waals surface area contributed by atoms with Crippen molar-refractivity contribution in [2.75, 3.05) is 32.1 Å². The van der Waals surface area contributed by atoms with E-state index in [0.717, 1.165) is 52.9 Å². The number of anilines is 1. The molecule has 1 atom stereocenters. The van der Waals surface area contributed by atoms with Crippen LogP contribution in [0.5, 0.6) is 5.75 Å². The summed E-state index contributed by atoms with van der Waals surface area (Å²) in [5.41, 5.74) is 2.85. The lowest BCUT2D eigenvalue weighted by atomic mass is 10.1. The number of aromatic nitrogens is 1. The molecule has 1 N–H and O–H groups in total. The van der Waals surface area contributed by atoms with Crippen molar-refractivity contribution in [2.24, 2.45) is 0 Å². The molecule has 0 bridgehead atoms. The first-order valence-electron chi connectivity index (χ1n) is 9.78. The maximum absolute atomic E-state index is 6.20. The molecule has 5 heteroatoms. The Hall–Kier alpha value is -2.30. The van der Waals surface area contributed by atoms with E-state index in [1.54, 1.807) is 7.11 Å². The van der Waals surface area contributed by atoms with E-state index in [1.165, 1.54) is 0 Å². The first-order chi connectivity index (χ1) is 13.5. The molecule has 0 aliphatic heterocycles. The largest absolute Gasteiger partial charge is 0.497 e. The standard InChI is InChI=1S/C23H28ClN3O/c1-5-27(6-2)13-7-8-16(3)25-23-19-11-9-17(24)14-22(19)26-21-12-10-18(28-4)15-20(21)23/h7-12,14-16H,5-6,13H2,1-4H3,(H,25,26)/b8-7-. The van der Waals surface area contributed by atoms with E-state index in [1.807, 2.05) is 36.4 Å². The van der Waals surface area contributed by atoms with E-state index in [9.17, 15) is 0 Å². The Labute approximate surface area is 172 Å². The second kappa shape index (κ2) is 9.26. The molecule has 28 heavy (non-hydrogen) atoms. The molecule has 148 valence electrons. The van der Waals surface area contributed by atoms with E-state index in [2.05, 4.69) is 43.1 Å². The highest BCUT2D eigenvalue weighted by atomic mass is 35.5. The van der Waals surface area contributed by atoms with E-state index < -0.39 is 0 Å². The summed E-state index contributed by atoms with van der Waals surface area (Å²) in [4.78, 5) is 7.17. The van der Waals surface area contributed by atoms with Crippen molar-refractivity contribution >= 4 is 39.1 Å². The summed E-state index contributed by atoms with van der Waals surface area (Å²) in [5.74, 6) is 0.815. The van der Waals surface area contributed by atoms with Crippen molar-refractivity contribution < 1.29 is 4.74 Å². The predicted molar refractivity (Wildman–Crippen MR) is 121 cm³/mol. The molecule has 0 saturated carbocycles. The fourth-order valence-electron chi connectivity index (χ4n) is 3.35. The van der Waals surface area contributed by atoms with Crippen molar-refractivity contribution in [3.8, 4) is 5.75 Å². The number of rotatable bonds is 8. The number of nitrogens with zero attached hydrogens (tertiary/aromatic N) is 2. The average molecular weight is 398 g/mol. The second-order valence-electron chi connectivity index (χ2n) is 6.88. The Morgan fingerprint density at radius 3 is 2.61 bits per heavy atom. The van der Waals surface area contributed by atoms with Crippen molar-refractivity contribution in [1.29, 1.82) is 0 Å². The summed E-state index contributed by atoms with van der Waals surface area (Å²) < 4.78 is 5.43. The predicted octanol–water partition coefficient (Wildman–Crippen LogP) is 5.75. The van der Waals surface area contributed by atoms with Gasteiger partial charge in [-0.25, -0.2) is 4.98 Å². The number of ether oxygens (including phenoxy) is 1. The molecule has 1 aromatic heterocycles. The second-order valence-corrected chi connectivity index (χ2v) is 7.31. The number of benzene rings is 2. The number of fused-ring (bicyclic) bond motifs is 2. The first kappa shape index (κ1) is 20.4. The van der Waals surface area contributed by atoms with Gasteiger partial charge in [-0.1, -0.05) is 37.6 Å². The molecule has 1 heterocycles. The van der Waals surface area contributed by atoms with E-state index in [4.69, 9.17) is 21.3 Å². The van der Waals surface area contributed by atoms with Gasteiger partial charge in [0.1, 0.15) is 5.75 Å². The van der Waals surface area contributed by atoms with E-state index in [0.29, 0.717) is 5.02 Å². The topological polar surface area (TPSA) is 37.4 Å². The monoisotopic (exact) mass is 397 g/mol. The van der Waals surface area contributed by atoms with Crippen LogP contribution in [0.15, 0.2) is 48.6 Å². The zero-order chi connectivity index (χ0) is 20.1. The highest BCUT2D eigenvalue weighted by Crippen LogP contribution is 2.34. The van der Waals surface area contributed by atoms with Gasteiger partial charge in [-0.05, 0) is 56.4 Å². The maximum atomic E-state index is 6.20. The van der Waals surface area contributed by atoms with Crippen LogP contribution >= 0.6 is 11.6 Å². The van der Waals surface area contributed by atoms with Gasteiger partial charge in [0.2, 0.25) is 0 Å². The Morgan fingerprint density at radius 2 is 1.89 bits per heavy atom. The average Bonchev–Trinajstić information content (AvgIpc) is 2.70. The fourth-order valence-corrected chi connectivity index (χ4v) is 3.52. The SMILES string of the molecule is CCN(CC)C/C=C\C(C)Nc1c2ccc(Cl)cc2nc2ccc(OC)cc12. The van der Waals surface area contributed by atoms with Gasteiger partial charge in [0.25, 0.3) is 0 Å². The van der Waals surface area contributed by atoms with Gasteiger partial charge in [-0.3, -0.25) is 0 Å². The molecule has 0 aliphatic carbocycles. The van der Waals surface area contributed by atoms with Crippen LogP contribution in [-0.2, 0) is 0 Å². The summed E-state index contributed by atoms with van der Waals surface area (Å²) in [6, 6.07) is 12.0. The van der Waals surface area contributed by atoms with Crippen LogP contribution in [0.2, 0.25) is 5.02 Å². The minimum Gasteiger partial charge on any atom is -0.497 e. The van der Waals surface area contributed by atoms with Crippen LogP contribution < -0.4 is 10.1 Å². The van der Waals surface area contributed by atoms with Gasteiger partial charge in [0.05, 0.1) is 23.8 Å². The molecule has 3 aromatic rings. The molecule has 0 saturated heterocycles. The first-order valence-corrected chi connectivity index (χ1v) is 10.2. The molecule has 0 spiro atoms. The van der Waals surface area contributed by atoms with Crippen molar-refractivity contribution in [3.63, 3.8) is 0 Å². The third kappa shape index (κ3) is 4.57. The molecule has 0 aliphatic rings. The lowest BCUT2D eigenvalue weighted by Gasteiger charge is -2.18. The van der Waals surface area contributed by atoms with Gasteiger partial charge in [-0.15, -0.1) is 0 Å². The summed E-state index contributed by atoms with van der Waals surface area (Å²) in [5, 5.41) is 6.44. The molecule has 0 radical (unpaired) electrons. The zero-order valence-electron chi connectivity index (χ0n) is 17.0. The van der Waals surface area contributed by atoms with Crippen LogP contribution in [0.25, 0.3) is 21.8 Å². The normalized spacial score (nSPS) is 12.9. The van der Waals surface area contributed by atoms with Gasteiger partial charge >= 0.3 is 0 Å². The quantitative estimate of drug-likeness (QED) is 0.388. The number of likely N-dealkylation sites (N-methyl/N-ethyl adjacent to an activating group) is 1. The number of pyridine rings is 1. The number of halogens is 1. The summed E-state index contributed by atoms with van der Waals surface area (Å²) in [6.07, 6.45) is 4.44. The van der Waals surface area contributed by atoms with Crippen molar-refractivity contribution in [2.45, 2.75) is 26.8 Å². The molecular formula is C23H28ClN3O. The molecule has 0 fully saturated rings. The highest BCUT2D eigenvalue weighted by Gasteiger charge is 2.12. The molecule has 4 nitrogen and oxygen atoms in total. The van der Waals surface area contributed by atoms with Crippen LogP contribution in [-0.4, -0.2) is 42.7 Å². The Bertz CT molecular complexity index is 982. The Balaban J connectivity index is 1.99. The van der Waals surface area contributed by atoms with Crippen LogP contribution in [0.3, 0.4) is 0 Å². The van der Waals surface area contributed by atoms with Crippen LogP contribution in [0, 0.1) is 0 Å². The Kier molecular flexibility index (Phi) is 6.76. The number of methoxy groups -OCH3 is 1. The minimum absolute atomic E-state index is 0.172. The lowest BCUT2D eigenvalue weighted by molar-refractivity contribution is 0.337. The van der Waals surface area contributed by atoms with Gasteiger partial charge in [-0.2, -0.15) is 0 Å². The number of nitrogens with one attached hydrogen (secondary N) is 1. The minimum atomic E-state index is 0.172. The molecule has 1 unspecified atom stereocenters. The van der Waals surface area contributed by atoms with Crippen LogP contribution in [0.4, 0.5) is 5.69 Å². The van der Waals surface area contributed by atoms with Gasteiger partial charge in [0.15, 0.2) is 0 Å². The lowest BCUT2D eigenvalue weighted by Crippen LogP contribution is -2.23. The van der Waals surface area contributed by atoms with Gasteiger partial charge in [0, 0.05) is 28.4 Å². The smallest absolute Gasteiger partial charge is 0.119 e. The molecule has 0 amide bonds. The molecule has 2 aromatic carbocycles. The van der Waals surface area contributed by atoms with Gasteiger partial charge < -0.3 is 15.0 Å². The maximum Gasteiger partial charge on any atom is 0.119 e. The van der Waals surface area contributed by atoms with E-state index in [-0.39, 0.29) is 6.04 Å². The Morgan fingerprint density at radius 1 is 1.11 bits per heavy atom. The zero-order valence-corrected chi connectivity index (χ0v) is 17.8. The van der Waals surface area contributed by atoms with Crippen molar-refractivity contribution in [1.82, 2.24) is 9.88 Å². The molecule has 3 rings (SSSR count).